The molecule has 2 aromatic rings. The van der Waals surface area contributed by atoms with E-state index >= 15 is 0 Å². The molecule has 2 fully saturated rings. The molecule has 0 aromatic heterocycles. The molecule has 2 aliphatic heterocycles. The second kappa shape index (κ2) is 11.7. The molecule has 2 heterocycles. The number of carbonyl (C=O) groups excluding carboxylic acids is 1. The van der Waals surface area contributed by atoms with Gasteiger partial charge >= 0.3 is 6.09 Å². The first-order valence-corrected chi connectivity index (χ1v) is 12.1. The highest BCUT2D eigenvalue weighted by Gasteiger charge is 2.38. The summed E-state index contributed by atoms with van der Waals surface area (Å²) in [6, 6.07) is 15.7. The standard InChI is InChI=1S/C27H34N2O6/c1-3-26(14-31-15-26)18-33-25(30)29-24-11-7-22(8-12-24)13-21-5-9-23(10-6-21)28-20-35-34-19-27(4-2)16-32-17-27/h5-12,20H,3-4,13-19H2,1-2H3,(H,29,30)/b28-20+. The van der Waals surface area contributed by atoms with Crippen LogP contribution in [-0.2, 0) is 30.4 Å². The molecule has 0 aliphatic carbocycles. The van der Waals surface area contributed by atoms with Crippen LogP contribution >= 0.6 is 0 Å². The highest BCUT2D eigenvalue weighted by Crippen LogP contribution is 2.32. The van der Waals surface area contributed by atoms with E-state index in [1.165, 1.54) is 6.40 Å². The van der Waals surface area contributed by atoms with E-state index in [1.807, 2.05) is 48.5 Å². The van der Waals surface area contributed by atoms with Crippen molar-refractivity contribution in [1.29, 1.82) is 0 Å². The molecular formula is C27H34N2O6. The SMILES string of the molecule is CCC1(COO/C=N/c2ccc(Cc3ccc(NC(=O)OCC4(CC)COC4)cc3)cc2)COC1. The molecule has 2 saturated heterocycles. The highest BCUT2D eigenvalue weighted by molar-refractivity contribution is 5.84. The van der Waals surface area contributed by atoms with Crippen LogP contribution in [0.15, 0.2) is 53.5 Å². The van der Waals surface area contributed by atoms with Crippen LogP contribution < -0.4 is 5.32 Å². The van der Waals surface area contributed by atoms with Gasteiger partial charge in [0.2, 0.25) is 6.40 Å². The molecule has 35 heavy (non-hydrogen) atoms. The predicted molar refractivity (Wildman–Crippen MR) is 133 cm³/mol. The minimum atomic E-state index is -0.440. The van der Waals surface area contributed by atoms with E-state index in [-0.39, 0.29) is 10.8 Å². The number of benzene rings is 2. The van der Waals surface area contributed by atoms with Crippen molar-refractivity contribution < 1.29 is 28.8 Å². The molecule has 0 atom stereocenters. The van der Waals surface area contributed by atoms with Gasteiger partial charge in [-0.2, -0.15) is 4.89 Å². The van der Waals surface area contributed by atoms with Crippen LogP contribution in [0.4, 0.5) is 16.2 Å². The highest BCUT2D eigenvalue weighted by atomic mass is 17.2. The Morgan fingerprint density at radius 1 is 0.914 bits per heavy atom. The van der Waals surface area contributed by atoms with Gasteiger partial charge in [-0.25, -0.2) is 9.79 Å². The summed E-state index contributed by atoms with van der Waals surface area (Å²) in [5.74, 6) is 0. The van der Waals surface area contributed by atoms with Crippen molar-refractivity contribution in [3.63, 3.8) is 0 Å². The molecule has 0 bridgehead atoms. The normalized spacial score (nSPS) is 17.9. The lowest BCUT2D eigenvalue weighted by atomic mass is 9.84. The number of carbonyl (C=O) groups is 1. The summed E-state index contributed by atoms with van der Waals surface area (Å²) in [5, 5.41) is 2.79. The number of anilines is 1. The summed E-state index contributed by atoms with van der Waals surface area (Å²) in [6.45, 7) is 7.81. The fourth-order valence-electron chi connectivity index (χ4n) is 3.85. The van der Waals surface area contributed by atoms with Gasteiger partial charge in [-0.3, -0.25) is 5.32 Å². The Labute approximate surface area is 206 Å². The number of aliphatic imine (C=N–C) groups is 1. The lowest BCUT2D eigenvalue weighted by Gasteiger charge is -2.39. The maximum Gasteiger partial charge on any atom is 0.411 e. The molecule has 8 nitrogen and oxygen atoms in total. The molecule has 2 aromatic carbocycles. The first kappa shape index (κ1) is 25.2. The average Bonchev–Trinajstić information content (AvgIpc) is 2.82. The Morgan fingerprint density at radius 3 is 2.03 bits per heavy atom. The maximum absolute atomic E-state index is 12.1. The average molecular weight is 483 g/mol. The van der Waals surface area contributed by atoms with Gasteiger partial charge in [0.1, 0.15) is 13.2 Å². The Bertz CT molecular complexity index is 971. The zero-order chi connectivity index (χ0) is 24.6. The van der Waals surface area contributed by atoms with Crippen molar-refractivity contribution in [2.45, 2.75) is 33.1 Å². The van der Waals surface area contributed by atoms with Crippen LogP contribution in [-0.4, -0.2) is 52.1 Å². The number of nitrogens with one attached hydrogen (secondary N) is 1. The number of hydrogen-bond acceptors (Lipinski definition) is 7. The van der Waals surface area contributed by atoms with E-state index in [0.717, 1.165) is 36.1 Å². The molecule has 0 spiro atoms. The fraction of sp³-hybridized carbons (Fsp3) is 0.481. The lowest BCUT2D eigenvalue weighted by molar-refractivity contribution is -0.271. The monoisotopic (exact) mass is 482 g/mol. The van der Waals surface area contributed by atoms with Crippen LogP contribution in [0.25, 0.3) is 0 Å². The Balaban J connectivity index is 1.18. The van der Waals surface area contributed by atoms with Crippen molar-refractivity contribution in [2.24, 2.45) is 15.8 Å². The van der Waals surface area contributed by atoms with E-state index in [4.69, 9.17) is 24.0 Å². The largest absolute Gasteiger partial charge is 0.449 e. The van der Waals surface area contributed by atoms with Gasteiger partial charge in [0.15, 0.2) is 0 Å². The van der Waals surface area contributed by atoms with Crippen molar-refractivity contribution in [3.8, 4) is 0 Å². The van der Waals surface area contributed by atoms with Gasteiger partial charge in [0, 0.05) is 11.1 Å². The molecule has 4 rings (SSSR count). The lowest BCUT2D eigenvalue weighted by Crippen LogP contribution is -2.46. The zero-order valence-electron chi connectivity index (χ0n) is 20.5. The van der Waals surface area contributed by atoms with E-state index in [9.17, 15) is 4.79 Å². The molecule has 8 heteroatoms. The number of nitrogens with zero attached hydrogens (tertiary/aromatic N) is 1. The smallest absolute Gasteiger partial charge is 0.411 e. The molecule has 1 amide bonds. The van der Waals surface area contributed by atoms with Gasteiger partial charge in [-0.15, -0.1) is 0 Å². The summed E-state index contributed by atoms with van der Waals surface area (Å²) in [5.41, 5.74) is 3.84. The minimum Gasteiger partial charge on any atom is -0.449 e. The van der Waals surface area contributed by atoms with Gasteiger partial charge in [-0.1, -0.05) is 38.1 Å². The third-order valence-corrected chi connectivity index (χ3v) is 6.87. The number of rotatable bonds is 12. The summed E-state index contributed by atoms with van der Waals surface area (Å²) in [4.78, 5) is 26.7. The number of ether oxygens (including phenoxy) is 3. The van der Waals surface area contributed by atoms with Gasteiger partial charge in [0.25, 0.3) is 0 Å². The van der Waals surface area contributed by atoms with Gasteiger partial charge < -0.3 is 19.1 Å². The summed E-state index contributed by atoms with van der Waals surface area (Å²) < 4.78 is 15.9. The van der Waals surface area contributed by atoms with Crippen molar-refractivity contribution >= 4 is 23.9 Å². The Hall–Kier alpha value is -2.94. The predicted octanol–water partition coefficient (Wildman–Crippen LogP) is 5.29. The van der Waals surface area contributed by atoms with Crippen LogP contribution in [0.2, 0.25) is 0 Å². The van der Waals surface area contributed by atoms with Gasteiger partial charge in [-0.05, 0) is 54.7 Å². The molecule has 0 unspecified atom stereocenters. The minimum absolute atomic E-state index is 0.0215. The van der Waals surface area contributed by atoms with Crippen LogP contribution in [0.5, 0.6) is 0 Å². The topological polar surface area (TPSA) is 87.6 Å². The van der Waals surface area contributed by atoms with Crippen molar-refractivity contribution in [3.05, 3.63) is 59.7 Å². The Morgan fingerprint density at radius 2 is 1.49 bits per heavy atom. The number of amides is 1. The fourth-order valence-corrected chi connectivity index (χ4v) is 3.85. The summed E-state index contributed by atoms with van der Waals surface area (Å²) >= 11 is 0. The third kappa shape index (κ3) is 6.81. The molecule has 0 radical (unpaired) electrons. The summed E-state index contributed by atoms with van der Waals surface area (Å²) in [7, 11) is 0. The quantitative estimate of drug-likeness (QED) is 0.145. The zero-order valence-corrected chi connectivity index (χ0v) is 20.5. The van der Waals surface area contributed by atoms with E-state index in [1.54, 1.807) is 0 Å². The molecule has 2 aliphatic rings. The van der Waals surface area contributed by atoms with Crippen LogP contribution in [0, 0.1) is 10.8 Å². The van der Waals surface area contributed by atoms with Crippen molar-refractivity contribution in [2.75, 3.05) is 45.0 Å². The maximum atomic E-state index is 12.1. The van der Waals surface area contributed by atoms with Gasteiger partial charge in [0.05, 0.1) is 37.5 Å². The second-order valence-corrected chi connectivity index (χ2v) is 9.53. The van der Waals surface area contributed by atoms with E-state index in [2.05, 4.69) is 24.2 Å². The van der Waals surface area contributed by atoms with E-state index < -0.39 is 6.09 Å². The van der Waals surface area contributed by atoms with Crippen LogP contribution in [0.1, 0.15) is 37.8 Å². The number of hydrogen-bond donors (Lipinski definition) is 1. The molecule has 1 N–H and O–H groups in total. The Kier molecular flexibility index (Phi) is 8.38. The molecule has 0 saturated carbocycles. The van der Waals surface area contributed by atoms with Crippen LogP contribution in [0.3, 0.4) is 0 Å². The summed E-state index contributed by atoms with van der Waals surface area (Å²) in [6.07, 6.45) is 3.58. The third-order valence-electron chi connectivity index (χ3n) is 6.87. The first-order valence-electron chi connectivity index (χ1n) is 12.1. The first-order chi connectivity index (χ1) is 17.0. The van der Waals surface area contributed by atoms with E-state index in [0.29, 0.717) is 45.3 Å². The molecule has 188 valence electrons. The molecular weight excluding hydrogens is 448 g/mol. The second-order valence-electron chi connectivity index (χ2n) is 9.53. The van der Waals surface area contributed by atoms with Crippen molar-refractivity contribution in [1.82, 2.24) is 0 Å².